The molecule has 6 heteroatoms. The van der Waals surface area contributed by atoms with Gasteiger partial charge in [0.1, 0.15) is 5.82 Å². The van der Waals surface area contributed by atoms with Crippen molar-refractivity contribution in [2.45, 2.75) is 20.4 Å². The molecule has 28 heavy (non-hydrogen) atoms. The van der Waals surface area contributed by atoms with Crippen molar-refractivity contribution in [3.63, 3.8) is 0 Å². The molecule has 4 rings (SSSR count). The lowest BCUT2D eigenvalue weighted by atomic mass is 10.1. The number of carbonyl (C=O) groups excluding carboxylic acids is 1. The first kappa shape index (κ1) is 17.9. The molecule has 0 fully saturated rings. The molecule has 2 N–H and O–H groups in total. The van der Waals surface area contributed by atoms with Crippen molar-refractivity contribution < 1.29 is 14.3 Å². The number of pyridine rings is 1. The monoisotopic (exact) mass is 375 g/mol. The third-order valence-electron chi connectivity index (χ3n) is 4.66. The summed E-state index contributed by atoms with van der Waals surface area (Å²) in [5.41, 5.74) is 4.48. The molecule has 1 aromatic heterocycles. The molecule has 0 saturated heterocycles. The van der Waals surface area contributed by atoms with E-state index >= 15 is 0 Å². The average Bonchev–Trinajstić information content (AvgIpc) is 3.17. The number of fused-ring (bicyclic) bond motifs is 1. The van der Waals surface area contributed by atoms with E-state index in [0.29, 0.717) is 17.9 Å². The lowest BCUT2D eigenvalue weighted by Crippen LogP contribution is -2.14. The first-order chi connectivity index (χ1) is 13.6. The van der Waals surface area contributed by atoms with Crippen molar-refractivity contribution in [2.75, 3.05) is 17.4 Å². The van der Waals surface area contributed by atoms with Gasteiger partial charge in [0.2, 0.25) is 6.79 Å². The molecule has 1 amide bonds. The largest absolute Gasteiger partial charge is 0.454 e. The number of benzene rings is 2. The van der Waals surface area contributed by atoms with Crippen LogP contribution in [0.4, 0.5) is 11.5 Å². The Morgan fingerprint density at radius 2 is 1.82 bits per heavy atom. The molecule has 1 aliphatic rings. The molecule has 0 aliphatic carbocycles. The first-order valence-electron chi connectivity index (χ1n) is 9.06. The second-order valence-electron chi connectivity index (χ2n) is 6.69. The zero-order valence-electron chi connectivity index (χ0n) is 15.8. The number of amides is 1. The molecule has 0 atom stereocenters. The van der Waals surface area contributed by atoms with Gasteiger partial charge in [0.05, 0.1) is 5.56 Å². The molecule has 0 bridgehead atoms. The van der Waals surface area contributed by atoms with Crippen LogP contribution in [-0.4, -0.2) is 17.7 Å². The lowest BCUT2D eigenvalue weighted by molar-refractivity contribution is 0.102. The molecule has 6 nitrogen and oxygen atoms in total. The quantitative estimate of drug-likeness (QED) is 0.696. The molecule has 3 aromatic rings. The van der Waals surface area contributed by atoms with E-state index < -0.39 is 0 Å². The van der Waals surface area contributed by atoms with Crippen LogP contribution in [0, 0.1) is 13.8 Å². The molecule has 1 aliphatic heterocycles. The standard InChI is InChI=1S/C22H21N3O3/c1-14-4-3-5-15(2)21(14)25-22(26)17-7-9-20(24-12-17)23-11-16-6-8-18-19(10-16)28-13-27-18/h3-10,12H,11,13H2,1-2H3,(H,23,24)(H,25,26). The summed E-state index contributed by atoms with van der Waals surface area (Å²) in [5.74, 6) is 2.04. The topological polar surface area (TPSA) is 72.5 Å². The van der Waals surface area contributed by atoms with Gasteiger partial charge >= 0.3 is 0 Å². The van der Waals surface area contributed by atoms with Crippen LogP contribution >= 0.6 is 0 Å². The molecule has 0 saturated carbocycles. The van der Waals surface area contributed by atoms with Gasteiger partial charge < -0.3 is 20.1 Å². The second kappa shape index (κ2) is 7.60. The van der Waals surface area contributed by atoms with Gasteiger partial charge in [-0.15, -0.1) is 0 Å². The van der Waals surface area contributed by atoms with Gasteiger partial charge in [0.15, 0.2) is 11.5 Å². The summed E-state index contributed by atoms with van der Waals surface area (Å²) in [5, 5.41) is 6.22. The number of nitrogens with zero attached hydrogens (tertiary/aromatic N) is 1. The SMILES string of the molecule is Cc1cccc(C)c1NC(=O)c1ccc(NCc2ccc3c(c2)OCO3)nc1. The van der Waals surface area contributed by atoms with E-state index in [1.165, 1.54) is 0 Å². The zero-order chi connectivity index (χ0) is 19.5. The van der Waals surface area contributed by atoms with E-state index in [1.54, 1.807) is 18.3 Å². The molecule has 0 unspecified atom stereocenters. The summed E-state index contributed by atoms with van der Waals surface area (Å²) in [4.78, 5) is 16.9. The number of aryl methyl sites for hydroxylation is 2. The normalized spacial score (nSPS) is 11.9. The highest BCUT2D eigenvalue weighted by atomic mass is 16.7. The van der Waals surface area contributed by atoms with Crippen LogP contribution in [0.2, 0.25) is 0 Å². The summed E-state index contributed by atoms with van der Waals surface area (Å²) < 4.78 is 10.7. The number of ether oxygens (including phenoxy) is 2. The van der Waals surface area contributed by atoms with E-state index in [-0.39, 0.29) is 12.7 Å². The van der Waals surface area contributed by atoms with E-state index in [9.17, 15) is 4.79 Å². The molecule has 0 radical (unpaired) electrons. The fourth-order valence-electron chi connectivity index (χ4n) is 3.07. The number of hydrogen-bond acceptors (Lipinski definition) is 5. The summed E-state index contributed by atoms with van der Waals surface area (Å²) in [6.07, 6.45) is 1.57. The minimum absolute atomic E-state index is 0.174. The van der Waals surface area contributed by atoms with Gasteiger partial charge in [-0.05, 0) is 54.8 Å². The van der Waals surface area contributed by atoms with E-state index in [2.05, 4.69) is 15.6 Å². The van der Waals surface area contributed by atoms with Crippen molar-refractivity contribution in [1.29, 1.82) is 0 Å². The number of anilines is 2. The van der Waals surface area contributed by atoms with Crippen LogP contribution in [-0.2, 0) is 6.54 Å². The van der Waals surface area contributed by atoms with Gasteiger partial charge in [0.25, 0.3) is 5.91 Å². The summed E-state index contributed by atoms with van der Waals surface area (Å²) in [6, 6.07) is 15.3. The summed E-state index contributed by atoms with van der Waals surface area (Å²) in [6.45, 7) is 4.81. The third-order valence-corrected chi connectivity index (χ3v) is 4.66. The highest BCUT2D eigenvalue weighted by Crippen LogP contribution is 2.32. The maximum Gasteiger partial charge on any atom is 0.257 e. The van der Waals surface area contributed by atoms with E-state index in [1.807, 2.05) is 50.2 Å². The van der Waals surface area contributed by atoms with Crippen molar-refractivity contribution in [2.24, 2.45) is 0 Å². The van der Waals surface area contributed by atoms with Crippen molar-refractivity contribution in [3.05, 3.63) is 77.0 Å². The molecular formula is C22H21N3O3. The number of hydrogen-bond donors (Lipinski definition) is 2. The number of nitrogens with one attached hydrogen (secondary N) is 2. The Labute approximate surface area is 163 Å². The summed E-state index contributed by atoms with van der Waals surface area (Å²) >= 11 is 0. The Balaban J connectivity index is 1.39. The fraction of sp³-hybridized carbons (Fsp3) is 0.182. The minimum atomic E-state index is -0.174. The molecule has 2 aromatic carbocycles. The predicted molar refractivity (Wildman–Crippen MR) is 108 cm³/mol. The number of aromatic nitrogens is 1. The minimum Gasteiger partial charge on any atom is -0.454 e. The Morgan fingerprint density at radius 3 is 2.57 bits per heavy atom. The van der Waals surface area contributed by atoms with Crippen LogP contribution in [0.1, 0.15) is 27.0 Å². The van der Waals surface area contributed by atoms with Crippen molar-refractivity contribution in [3.8, 4) is 11.5 Å². The van der Waals surface area contributed by atoms with E-state index in [4.69, 9.17) is 9.47 Å². The Kier molecular flexibility index (Phi) is 4.85. The van der Waals surface area contributed by atoms with Gasteiger partial charge in [-0.1, -0.05) is 24.3 Å². The molecule has 142 valence electrons. The molecule has 0 spiro atoms. The highest BCUT2D eigenvalue weighted by molar-refractivity contribution is 6.04. The van der Waals surface area contributed by atoms with Gasteiger partial charge in [-0.3, -0.25) is 4.79 Å². The maximum absolute atomic E-state index is 12.5. The number of rotatable bonds is 5. The van der Waals surface area contributed by atoms with Gasteiger partial charge in [-0.2, -0.15) is 0 Å². The smallest absolute Gasteiger partial charge is 0.257 e. The van der Waals surface area contributed by atoms with Gasteiger partial charge in [0, 0.05) is 18.4 Å². The highest BCUT2D eigenvalue weighted by Gasteiger charge is 2.13. The van der Waals surface area contributed by atoms with Crippen molar-refractivity contribution in [1.82, 2.24) is 4.98 Å². The van der Waals surface area contributed by atoms with Crippen molar-refractivity contribution >= 4 is 17.4 Å². The zero-order valence-corrected chi connectivity index (χ0v) is 15.8. The van der Waals surface area contributed by atoms with Crippen LogP contribution in [0.15, 0.2) is 54.7 Å². The fourth-order valence-corrected chi connectivity index (χ4v) is 3.07. The molecular weight excluding hydrogens is 354 g/mol. The average molecular weight is 375 g/mol. The van der Waals surface area contributed by atoms with Gasteiger partial charge in [-0.25, -0.2) is 4.98 Å². The van der Waals surface area contributed by atoms with E-state index in [0.717, 1.165) is 33.9 Å². The van der Waals surface area contributed by atoms with Crippen LogP contribution < -0.4 is 20.1 Å². The maximum atomic E-state index is 12.5. The van der Waals surface area contributed by atoms with Crippen LogP contribution in [0.3, 0.4) is 0 Å². The predicted octanol–water partition coefficient (Wildman–Crippen LogP) is 4.29. The summed E-state index contributed by atoms with van der Waals surface area (Å²) in [7, 11) is 0. The Hall–Kier alpha value is -3.54. The second-order valence-corrected chi connectivity index (χ2v) is 6.69. The number of carbonyl (C=O) groups is 1. The van der Waals surface area contributed by atoms with Crippen LogP contribution in [0.25, 0.3) is 0 Å². The lowest BCUT2D eigenvalue weighted by Gasteiger charge is -2.12. The third kappa shape index (κ3) is 3.76. The van der Waals surface area contributed by atoms with Crippen LogP contribution in [0.5, 0.6) is 11.5 Å². The Morgan fingerprint density at radius 1 is 1.04 bits per heavy atom. The first-order valence-corrected chi connectivity index (χ1v) is 9.06. The molecule has 2 heterocycles. The number of para-hydroxylation sites is 1. The Bertz CT molecular complexity index is 996.